The molecule has 0 amide bonds. The number of amidine groups is 1. The van der Waals surface area contributed by atoms with Gasteiger partial charge in [0.05, 0.1) is 6.61 Å². The third-order valence-electron chi connectivity index (χ3n) is 4.46. The van der Waals surface area contributed by atoms with Crippen LogP contribution in [0.3, 0.4) is 0 Å². The maximum absolute atomic E-state index is 13.6. The Balaban J connectivity index is 1.76. The second-order valence-electron chi connectivity index (χ2n) is 6.80. The molecule has 28 heavy (non-hydrogen) atoms. The highest BCUT2D eigenvalue weighted by Gasteiger charge is 2.57. The van der Waals surface area contributed by atoms with Crippen molar-refractivity contribution in [2.75, 3.05) is 14.1 Å². The zero-order valence-electron chi connectivity index (χ0n) is 15.1. The molecule has 3 rings (SSSR count). The summed E-state index contributed by atoms with van der Waals surface area (Å²) >= 11 is 1.09. The van der Waals surface area contributed by atoms with E-state index in [1.807, 2.05) is 0 Å². The molecule has 156 valence electrons. The number of ether oxygens (including phenoxy) is 2. The van der Waals surface area contributed by atoms with Gasteiger partial charge < -0.3 is 29.7 Å². The van der Waals surface area contributed by atoms with Gasteiger partial charge in [-0.25, -0.2) is 0 Å². The summed E-state index contributed by atoms with van der Waals surface area (Å²) in [7, 11) is 3.42. The Morgan fingerprint density at radius 3 is 2.43 bits per heavy atom. The number of rotatable bonds is 4. The lowest BCUT2D eigenvalue weighted by atomic mass is 9.94. The minimum Gasteiger partial charge on any atom is -0.508 e. The summed E-state index contributed by atoms with van der Waals surface area (Å²) in [6.45, 7) is -0.409. The predicted octanol–water partition coefficient (Wildman–Crippen LogP) is 1.32. The highest BCUT2D eigenvalue weighted by Crippen LogP contribution is 2.41. The number of nitrogens with zero attached hydrogens (tertiary/aromatic N) is 2. The first-order valence-electron chi connectivity index (χ1n) is 8.47. The molecular weight excluding hydrogens is 401 g/mol. The van der Waals surface area contributed by atoms with Crippen LogP contribution in [0.1, 0.15) is 5.56 Å². The molecule has 11 heteroatoms. The van der Waals surface area contributed by atoms with Crippen molar-refractivity contribution in [3.63, 3.8) is 0 Å². The van der Waals surface area contributed by atoms with Crippen LogP contribution in [0.2, 0.25) is 0 Å². The molecule has 1 fully saturated rings. The normalized spacial score (nSPS) is 31.2. The van der Waals surface area contributed by atoms with Gasteiger partial charge in [0, 0.05) is 14.1 Å². The molecule has 0 unspecified atom stereocenters. The van der Waals surface area contributed by atoms with Crippen molar-refractivity contribution in [2.24, 2.45) is 4.99 Å². The van der Waals surface area contributed by atoms with Gasteiger partial charge in [0.25, 0.3) is 0 Å². The van der Waals surface area contributed by atoms with Crippen molar-refractivity contribution >= 4 is 16.9 Å². The number of alkyl halides is 3. The molecule has 3 N–H and O–H groups in total. The van der Waals surface area contributed by atoms with Crippen molar-refractivity contribution in [1.29, 1.82) is 0 Å². The van der Waals surface area contributed by atoms with E-state index in [-0.39, 0.29) is 5.75 Å². The summed E-state index contributed by atoms with van der Waals surface area (Å²) in [4.78, 5) is 5.88. The number of fused-ring (bicyclic) bond motifs is 1. The first-order valence-corrected chi connectivity index (χ1v) is 9.35. The minimum absolute atomic E-state index is 0.0220. The van der Waals surface area contributed by atoms with Crippen molar-refractivity contribution < 1.29 is 38.0 Å². The Labute approximate surface area is 163 Å². The fraction of sp³-hybridized carbons (Fsp3) is 0.588. The van der Waals surface area contributed by atoms with Crippen LogP contribution in [-0.4, -0.2) is 81.6 Å². The molecule has 6 atom stereocenters. The van der Waals surface area contributed by atoms with E-state index in [4.69, 9.17) is 9.47 Å². The number of thioether (sulfide) groups is 1. The fourth-order valence-corrected chi connectivity index (χ4v) is 4.14. The standard InChI is InChI=1S/C17H21F3N2O5S/c1-22(2)16-21-10-11(24)12(25)13(27-15(10)28-16)14(17(18,19)20)26-7-8-3-5-9(23)6-4-8/h3-6,10-15,23-25H,7H2,1-2H3/t10-,11-,12+,13+,14-,15-/m1/s1. The maximum Gasteiger partial charge on any atom is 0.417 e. The number of benzene rings is 1. The SMILES string of the molecule is CN(C)C1=N[C@@H]2[C@@H](O)[C@H](O)[C@@H]([C@@H](OCc3ccc(O)cc3)C(F)(F)F)O[C@@H]2S1. The molecule has 0 radical (unpaired) electrons. The zero-order valence-corrected chi connectivity index (χ0v) is 15.9. The summed E-state index contributed by atoms with van der Waals surface area (Å²) in [5.41, 5.74) is -0.452. The van der Waals surface area contributed by atoms with Gasteiger partial charge in [-0.05, 0) is 17.7 Å². The monoisotopic (exact) mass is 422 g/mol. The van der Waals surface area contributed by atoms with E-state index in [0.717, 1.165) is 11.8 Å². The predicted molar refractivity (Wildman–Crippen MR) is 95.9 cm³/mol. The molecule has 2 aliphatic heterocycles. The first-order chi connectivity index (χ1) is 13.1. The van der Waals surface area contributed by atoms with Crippen molar-refractivity contribution in [3.05, 3.63) is 29.8 Å². The van der Waals surface area contributed by atoms with Gasteiger partial charge in [-0.15, -0.1) is 0 Å². The molecule has 2 aliphatic rings. The van der Waals surface area contributed by atoms with Gasteiger partial charge in [-0.1, -0.05) is 23.9 Å². The Morgan fingerprint density at radius 2 is 1.86 bits per heavy atom. The second-order valence-corrected chi connectivity index (χ2v) is 7.87. The maximum atomic E-state index is 13.6. The summed E-state index contributed by atoms with van der Waals surface area (Å²) < 4.78 is 51.5. The van der Waals surface area contributed by atoms with E-state index >= 15 is 0 Å². The number of phenols is 1. The van der Waals surface area contributed by atoms with Crippen molar-refractivity contribution in [1.82, 2.24) is 4.90 Å². The lowest BCUT2D eigenvalue weighted by molar-refractivity contribution is -0.286. The minimum atomic E-state index is -4.83. The van der Waals surface area contributed by atoms with E-state index in [0.29, 0.717) is 10.7 Å². The lowest BCUT2D eigenvalue weighted by Crippen LogP contribution is -2.61. The second kappa shape index (κ2) is 8.07. The Morgan fingerprint density at radius 1 is 1.21 bits per heavy atom. The van der Waals surface area contributed by atoms with Crippen LogP contribution in [0.15, 0.2) is 29.3 Å². The molecule has 7 nitrogen and oxygen atoms in total. The Kier molecular flexibility index (Phi) is 6.11. The van der Waals surface area contributed by atoms with Crippen molar-refractivity contribution in [3.8, 4) is 5.75 Å². The van der Waals surface area contributed by atoms with Gasteiger partial charge in [0.1, 0.15) is 35.5 Å². The van der Waals surface area contributed by atoms with Crippen LogP contribution < -0.4 is 0 Å². The topological polar surface area (TPSA) is 94.8 Å². The molecule has 0 saturated carbocycles. The molecule has 0 bridgehead atoms. The zero-order chi connectivity index (χ0) is 20.6. The number of phenolic OH excluding ortho intramolecular Hbond substituents is 1. The van der Waals surface area contributed by atoms with Crippen LogP contribution in [0.25, 0.3) is 0 Å². The Hall–Kier alpha value is -1.53. The number of hydrogen-bond acceptors (Lipinski definition) is 8. The molecule has 0 aromatic heterocycles. The first kappa shape index (κ1) is 21.2. The number of halogens is 3. The molecule has 2 heterocycles. The highest BCUT2D eigenvalue weighted by molar-refractivity contribution is 8.14. The third-order valence-corrected chi connectivity index (χ3v) is 5.76. The van der Waals surface area contributed by atoms with E-state index in [1.54, 1.807) is 19.0 Å². The smallest absolute Gasteiger partial charge is 0.417 e. The van der Waals surface area contributed by atoms with Crippen LogP contribution in [0, 0.1) is 0 Å². The van der Waals surface area contributed by atoms with Gasteiger partial charge in [0.2, 0.25) is 0 Å². The fourth-order valence-electron chi connectivity index (χ4n) is 2.99. The molecule has 1 saturated heterocycles. The summed E-state index contributed by atoms with van der Waals surface area (Å²) in [5.74, 6) is -0.0220. The number of aromatic hydroxyl groups is 1. The summed E-state index contributed by atoms with van der Waals surface area (Å²) in [5, 5.41) is 30.4. The molecule has 1 aromatic rings. The number of aliphatic imine (C=N–C) groups is 1. The lowest BCUT2D eigenvalue weighted by Gasteiger charge is -2.41. The van der Waals surface area contributed by atoms with Crippen LogP contribution in [0.5, 0.6) is 5.75 Å². The molecule has 0 aliphatic carbocycles. The number of aliphatic hydroxyl groups is 2. The summed E-state index contributed by atoms with van der Waals surface area (Å²) in [6, 6.07) is 4.65. The van der Waals surface area contributed by atoms with Crippen LogP contribution in [0.4, 0.5) is 13.2 Å². The third kappa shape index (κ3) is 4.38. The van der Waals surface area contributed by atoms with Crippen LogP contribution >= 0.6 is 11.8 Å². The van der Waals surface area contributed by atoms with E-state index < -0.39 is 48.7 Å². The van der Waals surface area contributed by atoms with Crippen molar-refractivity contribution in [2.45, 2.75) is 48.7 Å². The Bertz CT molecular complexity index is 716. The van der Waals surface area contributed by atoms with Gasteiger partial charge in [-0.2, -0.15) is 13.2 Å². The molecule has 1 aromatic carbocycles. The molecule has 0 spiro atoms. The van der Waals surface area contributed by atoms with Crippen LogP contribution in [-0.2, 0) is 16.1 Å². The summed E-state index contributed by atoms with van der Waals surface area (Å²) in [6.07, 6.45) is -12.4. The van der Waals surface area contributed by atoms with E-state index in [9.17, 15) is 28.5 Å². The van der Waals surface area contributed by atoms with E-state index in [2.05, 4.69) is 4.99 Å². The largest absolute Gasteiger partial charge is 0.508 e. The quantitative estimate of drug-likeness (QED) is 0.674. The number of aliphatic hydroxyl groups excluding tert-OH is 2. The van der Waals surface area contributed by atoms with Gasteiger partial charge in [0.15, 0.2) is 11.3 Å². The van der Waals surface area contributed by atoms with Gasteiger partial charge in [-0.3, -0.25) is 4.99 Å². The molecular formula is C17H21F3N2O5S. The average molecular weight is 422 g/mol. The average Bonchev–Trinajstić information content (AvgIpc) is 3.04. The van der Waals surface area contributed by atoms with Gasteiger partial charge >= 0.3 is 6.18 Å². The van der Waals surface area contributed by atoms with E-state index in [1.165, 1.54) is 24.3 Å². The number of hydrogen-bond donors (Lipinski definition) is 3. The highest BCUT2D eigenvalue weighted by atomic mass is 32.2.